The van der Waals surface area contributed by atoms with Crippen LogP contribution >= 0.6 is 0 Å². The minimum Gasteiger partial charge on any atom is -0.490 e. The number of sulfone groups is 1. The highest BCUT2D eigenvalue weighted by Gasteiger charge is 2.42. The molecule has 2 N–H and O–H groups in total. The summed E-state index contributed by atoms with van der Waals surface area (Å²) in [6.45, 7) is 6.62. The molecule has 2 aliphatic heterocycles. The zero-order valence-electron chi connectivity index (χ0n) is 19.6. The summed E-state index contributed by atoms with van der Waals surface area (Å²) in [4.78, 5) is 39.2. The highest BCUT2D eigenvalue weighted by molar-refractivity contribution is 7.91. The van der Waals surface area contributed by atoms with E-state index in [4.69, 9.17) is 14.2 Å². The highest BCUT2D eigenvalue weighted by Crippen LogP contribution is 2.39. The van der Waals surface area contributed by atoms with Crippen LogP contribution in [0.15, 0.2) is 12.1 Å². The van der Waals surface area contributed by atoms with E-state index in [0.717, 1.165) is 0 Å². The molecule has 2 aliphatic rings. The van der Waals surface area contributed by atoms with Crippen molar-refractivity contribution < 1.29 is 37.0 Å². The van der Waals surface area contributed by atoms with E-state index in [1.807, 2.05) is 6.92 Å². The number of hydrazine groups is 1. The number of rotatable bonds is 9. The molecule has 0 aliphatic carbocycles. The van der Waals surface area contributed by atoms with Crippen molar-refractivity contribution in [3.8, 4) is 17.2 Å². The maximum atomic E-state index is 12.7. The third kappa shape index (κ3) is 5.91. The molecule has 0 unspecified atom stereocenters. The number of benzene rings is 1. The summed E-state index contributed by atoms with van der Waals surface area (Å²) >= 11 is 0. The fourth-order valence-electron chi connectivity index (χ4n) is 4.09. The van der Waals surface area contributed by atoms with E-state index in [0.29, 0.717) is 43.5 Å². The van der Waals surface area contributed by atoms with Gasteiger partial charge in [0.1, 0.15) is 0 Å². The lowest BCUT2D eigenvalue weighted by Crippen LogP contribution is -2.45. The number of hydrogen-bond acceptors (Lipinski definition) is 8. The Balaban J connectivity index is 1.65. The van der Waals surface area contributed by atoms with Crippen molar-refractivity contribution in [2.45, 2.75) is 39.7 Å². The molecule has 12 heteroatoms. The van der Waals surface area contributed by atoms with E-state index < -0.39 is 33.6 Å². The van der Waals surface area contributed by atoms with Crippen LogP contribution in [0.1, 0.15) is 44.0 Å². The second-order valence-electron chi connectivity index (χ2n) is 8.05. The number of carbonyl (C=O) groups is 3. The predicted molar refractivity (Wildman–Crippen MR) is 122 cm³/mol. The van der Waals surface area contributed by atoms with Crippen LogP contribution in [0, 0.1) is 5.92 Å². The number of ether oxygens (including phenoxy) is 3. The van der Waals surface area contributed by atoms with E-state index >= 15 is 0 Å². The van der Waals surface area contributed by atoms with Crippen LogP contribution in [0.3, 0.4) is 0 Å². The van der Waals surface area contributed by atoms with Crippen LogP contribution in [0.2, 0.25) is 0 Å². The van der Waals surface area contributed by atoms with Crippen molar-refractivity contribution >= 4 is 27.6 Å². The summed E-state index contributed by atoms with van der Waals surface area (Å²) in [7, 11) is -3.15. The van der Waals surface area contributed by atoms with Gasteiger partial charge in [-0.05, 0) is 39.3 Å². The number of hydrogen-bond donors (Lipinski definition) is 2. The lowest BCUT2D eigenvalue weighted by Gasteiger charge is -2.23. The molecule has 0 aromatic heterocycles. The number of nitrogens with zero attached hydrogens (tertiary/aromatic N) is 1. The first-order valence-electron chi connectivity index (χ1n) is 11.4. The first-order valence-corrected chi connectivity index (χ1v) is 13.2. The Kier molecular flexibility index (Phi) is 8.24. The quantitative estimate of drug-likeness (QED) is 0.475. The molecule has 2 heterocycles. The average Bonchev–Trinajstić information content (AvgIpc) is 3.35. The van der Waals surface area contributed by atoms with E-state index in [9.17, 15) is 22.8 Å². The maximum absolute atomic E-state index is 12.7. The highest BCUT2D eigenvalue weighted by atomic mass is 32.2. The van der Waals surface area contributed by atoms with Gasteiger partial charge in [-0.3, -0.25) is 25.2 Å². The fraction of sp³-hybridized carbons (Fsp3) is 0.591. The van der Waals surface area contributed by atoms with Crippen molar-refractivity contribution in [1.82, 2.24) is 15.8 Å². The summed E-state index contributed by atoms with van der Waals surface area (Å²) in [6, 6.07) is 2.60. The molecule has 2 fully saturated rings. The van der Waals surface area contributed by atoms with E-state index in [-0.39, 0.29) is 35.9 Å². The van der Waals surface area contributed by atoms with Gasteiger partial charge in [-0.2, -0.15) is 0 Å². The summed E-state index contributed by atoms with van der Waals surface area (Å²) in [5.41, 5.74) is 4.92. The molecule has 0 saturated carbocycles. The molecular formula is C22H31N3O8S. The molecule has 0 radical (unpaired) electrons. The Hall–Kier alpha value is -3.02. The second kappa shape index (κ2) is 10.9. The normalized spacial score (nSPS) is 21.3. The zero-order chi connectivity index (χ0) is 24.9. The standard InChI is InChI=1S/C22H31N3O8S/c1-4-31-17-9-14(10-18(32-5-2)20(17)33-6-3)21(27)23-24-22(28)15-11-19(26)25(12-15)16-7-8-34(29,30)13-16/h9-10,15-16H,4-8,11-13H2,1-3H3,(H,23,27)(H,24,28)/t15-,16-/m0/s1. The van der Waals surface area contributed by atoms with Gasteiger partial charge < -0.3 is 19.1 Å². The molecule has 1 aromatic carbocycles. The lowest BCUT2D eigenvalue weighted by molar-refractivity contribution is -0.130. The zero-order valence-corrected chi connectivity index (χ0v) is 20.4. The summed E-state index contributed by atoms with van der Waals surface area (Å²) in [5.74, 6) is -1.02. The van der Waals surface area contributed by atoms with Gasteiger partial charge in [0, 0.05) is 24.6 Å². The molecule has 188 valence electrons. The van der Waals surface area contributed by atoms with Crippen LogP contribution in [0.4, 0.5) is 0 Å². The third-order valence-corrected chi connectivity index (χ3v) is 7.40. The van der Waals surface area contributed by atoms with E-state index in [1.54, 1.807) is 13.8 Å². The number of carbonyl (C=O) groups excluding carboxylic acids is 3. The van der Waals surface area contributed by atoms with Gasteiger partial charge in [0.2, 0.25) is 17.6 Å². The van der Waals surface area contributed by atoms with Crippen LogP contribution in [0.25, 0.3) is 0 Å². The SMILES string of the molecule is CCOc1cc(C(=O)NNC(=O)[C@H]2CC(=O)N([C@H]3CCS(=O)(=O)C3)C2)cc(OCC)c1OCC. The molecule has 0 spiro atoms. The smallest absolute Gasteiger partial charge is 0.269 e. The summed E-state index contributed by atoms with van der Waals surface area (Å²) in [6.07, 6.45) is 0.339. The van der Waals surface area contributed by atoms with Crippen LogP contribution < -0.4 is 25.1 Å². The topological polar surface area (TPSA) is 140 Å². The number of nitrogens with one attached hydrogen (secondary N) is 2. The molecular weight excluding hydrogens is 466 g/mol. The third-order valence-electron chi connectivity index (χ3n) is 5.65. The van der Waals surface area contributed by atoms with Crippen LogP contribution in [-0.4, -0.2) is 75.0 Å². The Bertz CT molecular complexity index is 1020. The van der Waals surface area contributed by atoms with Crippen LogP contribution in [0.5, 0.6) is 17.2 Å². The first kappa shape index (κ1) is 25.6. The average molecular weight is 498 g/mol. The van der Waals surface area contributed by atoms with Gasteiger partial charge in [-0.1, -0.05) is 0 Å². The second-order valence-corrected chi connectivity index (χ2v) is 10.3. The van der Waals surface area contributed by atoms with Gasteiger partial charge in [-0.15, -0.1) is 0 Å². The Morgan fingerprint density at radius 3 is 2.18 bits per heavy atom. The lowest BCUT2D eigenvalue weighted by atomic mass is 10.1. The molecule has 11 nitrogen and oxygen atoms in total. The van der Waals surface area contributed by atoms with Gasteiger partial charge >= 0.3 is 0 Å². The Morgan fingerprint density at radius 2 is 1.65 bits per heavy atom. The van der Waals surface area contributed by atoms with Crippen molar-refractivity contribution in [2.75, 3.05) is 37.9 Å². The Morgan fingerprint density at radius 1 is 1.03 bits per heavy atom. The summed E-state index contributed by atoms with van der Waals surface area (Å²) < 4.78 is 40.3. The van der Waals surface area contributed by atoms with Crippen molar-refractivity contribution in [1.29, 1.82) is 0 Å². The fourth-order valence-corrected chi connectivity index (χ4v) is 5.82. The largest absolute Gasteiger partial charge is 0.490 e. The number of likely N-dealkylation sites (tertiary alicyclic amines) is 1. The van der Waals surface area contributed by atoms with Gasteiger partial charge in [0.05, 0.1) is 37.2 Å². The molecule has 3 amide bonds. The molecule has 2 atom stereocenters. The van der Waals surface area contributed by atoms with Gasteiger partial charge in [0.25, 0.3) is 5.91 Å². The molecule has 34 heavy (non-hydrogen) atoms. The maximum Gasteiger partial charge on any atom is 0.269 e. The van der Waals surface area contributed by atoms with Crippen molar-refractivity contribution in [2.24, 2.45) is 5.92 Å². The molecule has 1 aromatic rings. The van der Waals surface area contributed by atoms with Gasteiger partial charge in [0.15, 0.2) is 21.3 Å². The van der Waals surface area contributed by atoms with Crippen molar-refractivity contribution in [3.05, 3.63) is 17.7 Å². The molecule has 3 rings (SSSR count). The molecule has 0 bridgehead atoms. The van der Waals surface area contributed by atoms with Crippen molar-refractivity contribution in [3.63, 3.8) is 0 Å². The minimum atomic E-state index is -3.15. The van der Waals surface area contributed by atoms with Gasteiger partial charge in [-0.25, -0.2) is 8.42 Å². The van der Waals surface area contributed by atoms with E-state index in [1.165, 1.54) is 17.0 Å². The first-order chi connectivity index (χ1) is 16.2. The van der Waals surface area contributed by atoms with Crippen LogP contribution in [-0.2, 0) is 19.4 Å². The Labute approximate surface area is 199 Å². The molecule has 2 saturated heterocycles. The predicted octanol–water partition coefficient (Wildman–Crippen LogP) is 0.679. The summed E-state index contributed by atoms with van der Waals surface area (Å²) in [5, 5.41) is 0. The van der Waals surface area contributed by atoms with E-state index in [2.05, 4.69) is 10.9 Å². The number of amides is 3. The minimum absolute atomic E-state index is 0.0374. The monoisotopic (exact) mass is 497 g/mol.